The number of pyridine rings is 1. The van der Waals surface area contributed by atoms with Crippen LogP contribution in [0.3, 0.4) is 0 Å². The number of hydrogen-bond donors (Lipinski definition) is 1. The number of aryl methyl sites for hydroxylation is 1. The summed E-state index contributed by atoms with van der Waals surface area (Å²) < 4.78 is 13.4. The summed E-state index contributed by atoms with van der Waals surface area (Å²) in [6.45, 7) is 4.04. The predicted octanol–water partition coefficient (Wildman–Crippen LogP) is 3.41. The molecule has 0 saturated heterocycles. The summed E-state index contributed by atoms with van der Waals surface area (Å²) in [5.74, 6) is -0.0696. The van der Waals surface area contributed by atoms with Gasteiger partial charge in [-0.25, -0.2) is 14.4 Å². The molecule has 3 nitrogen and oxygen atoms in total. The summed E-state index contributed by atoms with van der Waals surface area (Å²) in [5.41, 5.74) is 0. The molecule has 1 atom stereocenters. The Morgan fingerprint density at radius 3 is 2.94 bits per heavy atom. The van der Waals surface area contributed by atoms with Crippen LogP contribution in [0.2, 0.25) is 0 Å². The molecular weight excluding hydrogens is 237 g/mol. The fourth-order valence-corrected chi connectivity index (χ4v) is 2.30. The summed E-state index contributed by atoms with van der Waals surface area (Å²) in [7, 11) is 0. The molecule has 0 saturated carbocycles. The summed E-state index contributed by atoms with van der Waals surface area (Å²) in [5, 5.41) is 3.98. The molecule has 2 aromatic rings. The first-order valence-electron chi connectivity index (χ1n) is 5.52. The van der Waals surface area contributed by atoms with E-state index in [9.17, 15) is 4.39 Å². The molecular formula is C12H14FN3S. The van der Waals surface area contributed by atoms with Crippen molar-refractivity contribution >= 4 is 17.2 Å². The van der Waals surface area contributed by atoms with Crippen LogP contribution in [0.1, 0.15) is 29.8 Å². The molecule has 0 aliphatic rings. The Labute approximate surface area is 104 Å². The molecule has 0 spiro atoms. The molecule has 2 heterocycles. The summed E-state index contributed by atoms with van der Waals surface area (Å²) in [4.78, 5) is 9.51. The Balaban J connectivity index is 2.11. The average molecular weight is 251 g/mol. The second-order valence-electron chi connectivity index (χ2n) is 3.72. The van der Waals surface area contributed by atoms with Gasteiger partial charge in [0.1, 0.15) is 5.01 Å². The van der Waals surface area contributed by atoms with Gasteiger partial charge in [-0.15, -0.1) is 11.3 Å². The standard InChI is InChI=1S/C12H14FN3S/c1-3-9-7-15-12(17-9)8(2)16-11-10(13)5-4-6-14-11/h4-8H,3H2,1-2H3,(H,14,16). The maximum atomic E-state index is 13.4. The van der Waals surface area contributed by atoms with Gasteiger partial charge in [0.2, 0.25) is 0 Å². The van der Waals surface area contributed by atoms with Gasteiger partial charge in [0, 0.05) is 17.3 Å². The van der Waals surface area contributed by atoms with E-state index in [1.54, 1.807) is 23.6 Å². The van der Waals surface area contributed by atoms with Gasteiger partial charge < -0.3 is 5.32 Å². The Hall–Kier alpha value is -1.49. The minimum Gasteiger partial charge on any atom is -0.359 e. The first-order valence-corrected chi connectivity index (χ1v) is 6.34. The highest BCUT2D eigenvalue weighted by Gasteiger charge is 2.12. The highest BCUT2D eigenvalue weighted by atomic mass is 32.1. The van der Waals surface area contributed by atoms with Gasteiger partial charge in [0.05, 0.1) is 6.04 Å². The van der Waals surface area contributed by atoms with E-state index in [0.29, 0.717) is 0 Å². The molecule has 5 heteroatoms. The summed E-state index contributed by atoms with van der Waals surface area (Å²) >= 11 is 1.64. The fraction of sp³-hybridized carbons (Fsp3) is 0.333. The molecule has 0 amide bonds. The van der Waals surface area contributed by atoms with Crippen molar-refractivity contribution in [3.8, 4) is 0 Å². The Morgan fingerprint density at radius 1 is 1.47 bits per heavy atom. The highest BCUT2D eigenvalue weighted by molar-refractivity contribution is 7.11. The molecule has 1 unspecified atom stereocenters. The maximum Gasteiger partial charge on any atom is 0.165 e. The summed E-state index contributed by atoms with van der Waals surface area (Å²) in [6, 6.07) is 2.93. The number of thiazole rings is 1. The second-order valence-corrected chi connectivity index (χ2v) is 4.87. The van der Waals surface area contributed by atoms with Crippen molar-refractivity contribution in [2.24, 2.45) is 0 Å². The third kappa shape index (κ3) is 2.79. The van der Waals surface area contributed by atoms with Crippen molar-refractivity contribution in [1.82, 2.24) is 9.97 Å². The van der Waals surface area contributed by atoms with E-state index in [4.69, 9.17) is 0 Å². The smallest absolute Gasteiger partial charge is 0.165 e. The van der Waals surface area contributed by atoms with E-state index >= 15 is 0 Å². The number of hydrogen-bond acceptors (Lipinski definition) is 4. The molecule has 0 bridgehead atoms. The van der Waals surface area contributed by atoms with Gasteiger partial charge in [-0.05, 0) is 25.5 Å². The normalized spacial score (nSPS) is 12.4. The average Bonchev–Trinajstić information content (AvgIpc) is 2.81. The van der Waals surface area contributed by atoms with Crippen molar-refractivity contribution in [3.63, 3.8) is 0 Å². The third-order valence-corrected chi connectivity index (χ3v) is 3.73. The Morgan fingerprint density at radius 2 is 2.29 bits per heavy atom. The van der Waals surface area contributed by atoms with Crippen LogP contribution in [-0.4, -0.2) is 9.97 Å². The van der Waals surface area contributed by atoms with Crippen molar-refractivity contribution in [3.05, 3.63) is 40.2 Å². The van der Waals surface area contributed by atoms with Crippen LogP contribution in [0.4, 0.5) is 10.2 Å². The van der Waals surface area contributed by atoms with E-state index in [1.807, 2.05) is 13.1 Å². The van der Waals surface area contributed by atoms with Crippen LogP contribution in [-0.2, 0) is 6.42 Å². The molecule has 0 aromatic carbocycles. The van der Waals surface area contributed by atoms with Crippen LogP contribution >= 0.6 is 11.3 Å². The van der Waals surface area contributed by atoms with E-state index in [1.165, 1.54) is 10.9 Å². The first kappa shape index (κ1) is 12.0. The Bertz CT molecular complexity index is 498. The molecule has 0 aliphatic heterocycles. The zero-order valence-electron chi connectivity index (χ0n) is 9.77. The first-order chi connectivity index (χ1) is 8.20. The number of nitrogens with one attached hydrogen (secondary N) is 1. The number of halogens is 1. The lowest BCUT2D eigenvalue weighted by Crippen LogP contribution is -2.08. The molecule has 17 heavy (non-hydrogen) atoms. The van der Waals surface area contributed by atoms with Crippen LogP contribution < -0.4 is 5.32 Å². The quantitative estimate of drug-likeness (QED) is 0.904. The lowest BCUT2D eigenvalue weighted by Gasteiger charge is -2.11. The van der Waals surface area contributed by atoms with Gasteiger partial charge >= 0.3 is 0 Å². The maximum absolute atomic E-state index is 13.4. The lowest BCUT2D eigenvalue weighted by atomic mass is 10.3. The number of nitrogens with zero attached hydrogens (tertiary/aromatic N) is 2. The zero-order chi connectivity index (χ0) is 12.3. The van der Waals surface area contributed by atoms with Gasteiger partial charge in [-0.3, -0.25) is 0 Å². The van der Waals surface area contributed by atoms with E-state index in [-0.39, 0.29) is 17.7 Å². The van der Waals surface area contributed by atoms with Crippen molar-refractivity contribution in [2.75, 3.05) is 5.32 Å². The number of aromatic nitrogens is 2. The van der Waals surface area contributed by atoms with Crippen LogP contribution in [0.15, 0.2) is 24.5 Å². The molecule has 0 aliphatic carbocycles. The highest BCUT2D eigenvalue weighted by Crippen LogP contribution is 2.23. The summed E-state index contributed by atoms with van der Waals surface area (Å²) in [6.07, 6.45) is 4.41. The predicted molar refractivity (Wildman–Crippen MR) is 67.7 cm³/mol. The molecule has 0 fully saturated rings. The number of anilines is 1. The van der Waals surface area contributed by atoms with Gasteiger partial charge in [-0.2, -0.15) is 0 Å². The molecule has 90 valence electrons. The molecule has 0 radical (unpaired) electrons. The third-order valence-electron chi connectivity index (χ3n) is 2.40. The van der Waals surface area contributed by atoms with Crippen molar-refractivity contribution < 1.29 is 4.39 Å². The minimum absolute atomic E-state index is 0.0373. The largest absolute Gasteiger partial charge is 0.359 e. The van der Waals surface area contributed by atoms with Gasteiger partial charge in [0.25, 0.3) is 0 Å². The topological polar surface area (TPSA) is 37.8 Å². The number of rotatable bonds is 4. The SMILES string of the molecule is CCc1cnc(C(C)Nc2ncccc2F)s1. The zero-order valence-corrected chi connectivity index (χ0v) is 10.6. The van der Waals surface area contributed by atoms with Crippen molar-refractivity contribution in [1.29, 1.82) is 0 Å². The molecule has 2 rings (SSSR count). The molecule has 2 aromatic heterocycles. The lowest BCUT2D eigenvalue weighted by molar-refractivity contribution is 0.621. The van der Waals surface area contributed by atoms with Crippen molar-refractivity contribution in [2.45, 2.75) is 26.3 Å². The van der Waals surface area contributed by atoms with Gasteiger partial charge in [0.15, 0.2) is 11.6 Å². The second kappa shape index (κ2) is 5.23. The van der Waals surface area contributed by atoms with Crippen LogP contribution in [0, 0.1) is 5.82 Å². The minimum atomic E-state index is -0.341. The Kier molecular flexibility index (Phi) is 3.68. The van der Waals surface area contributed by atoms with Crippen LogP contribution in [0.25, 0.3) is 0 Å². The fourth-order valence-electron chi connectivity index (χ4n) is 1.44. The van der Waals surface area contributed by atoms with Gasteiger partial charge in [-0.1, -0.05) is 6.92 Å². The van der Waals surface area contributed by atoms with E-state index < -0.39 is 0 Å². The molecule has 1 N–H and O–H groups in total. The monoisotopic (exact) mass is 251 g/mol. The van der Waals surface area contributed by atoms with Crippen LogP contribution in [0.5, 0.6) is 0 Å². The van der Waals surface area contributed by atoms with E-state index in [0.717, 1.165) is 11.4 Å². The van der Waals surface area contributed by atoms with E-state index in [2.05, 4.69) is 22.2 Å².